The lowest BCUT2D eigenvalue weighted by Gasteiger charge is -2.28. The second kappa shape index (κ2) is 4.63. The van der Waals surface area contributed by atoms with Gasteiger partial charge in [-0.15, -0.1) is 0 Å². The molecule has 76 valence electrons. The Balaban J connectivity index is 2.22. The van der Waals surface area contributed by atoms with E-state index in [0.29, 0.717) is 0 Å². The van der Waals surface area contributed by atoms with Crippen molar-refractivity contribution in [3.8, 4) is 0 Å². The van der Waals surface area contributed by atoms with Gasteiger partial charge in [0.15, 0.2) is 0 Å². The molecule has 0 saturated carbocycles. The van der Waals surface area contributed by atoms with Crippen LogP contribution < -0.4 is 10.2 Å². The molecule has 2 heterocycles. The summed E-state index contributed by atoms with van der Waals surface area (Å²) >= 11 is 8.35. The number of hydrogen-bond acceptors (Lipinski definition) is 3. The monoisotopic (exact) mass is 323 g/mol. The molecular formula is C9H11ClIN3. The molecule has 0 aromatic carbocycles. The van der Waals surface area contributed by atoms with Crippen molar-refractivity contribution >= 4 is 40.0 Å². The van der Waals surface area contributed by atoms with Crippen molar-refractivity contribution in [2.45, 2.75) is 0 Å². The highest BCUT2D eigenvalue weighted by atomic mass is 127. The first kappa shape index (κ1) is 10.4. The van der Waals surface area contributed by atoms with Crippen molar-refractivity contribution in [1.29, 1.82) is 0 Å². The first-order valence-corrected chi connectivity index (χ1v) is 6.00. The van der Waals surface area contributed by atoms with Gasteiger partial charge in [-0.3, -0.25) is 0 Å². The second-order valence-electron chi connectivity index (χ2n) is 3.20. The van der Waals surface area contributed by atoms with Crippen LogP contribution in [0.25, 0.3) is 0 Å². The van der Waals surface area contributed by atoms with Crippen molar-refractivity contribution < 1.29 is 0 Å². The highest BCUT2D eigenvalue weighted by Crippen LogP contribution is 2.24. The lowest BCUT2D eigenvalue weighted by atomic mass is 10.3. The maximum atomic E-state index is 6.13. The fourth-order valence-electron chi connectivity index (χ4n) is 1.52. The molecule has 0 bridgehead atoms. The van der Waals surface area contributed by atoms with Gasteiger partial charge in [-0.1, -0.05) is 11.6 Å². The van der Waals surface area contributed by atoms with Crippen LogP contribution in [0.5, 0.6) is 0 Å². The standard InChI is InChI=1S/C9H11ClIN3/c10-8-5-7(11)6-13-9(8)14-3-1-12-2-4-14/h5-6,12H,1-4H2. The smallest absolute Gasteiger partial charge is 0.147 e. The van der Waals surface area contributed by atoms with E-state index >= 15 is 0 Å². The molecule has 3 nitrogen and oxygen atoms in total. The van der Waals surface area contributed by atoms with Crippen molar-refractivity contribution in [3.63, 3.8) is 0 Å². The zero-order valence-electron chi connectivity index (χ0n) is 7.63. The second-order valence-corrected chi connectivity index (χ2v) is 4.85. The summed E-state index contributed by atoms with van der Waals surface area (Å²) < 4.78 is 1.08. The number of piperazine rings is 1. The van der Waals surface area contributed by atoms with Crippen LogP contribution in [0.3, 0.4) is 0 Å². The van der Waals surface area contributed by atoms with E-state index in [1.54, 1.807) is 0 Å². The van der Waals surface area contributed by atoms with Gasteiger partial charge in [-0.2, -0.15) is 0 Å². The van der Waals surface area contributed by atoms with Crippen molar-refractivity contribution in [2.75, 3.05) is 31.1 Å². The Morgan fingerprint density at radius 2 is 2.14 bits per heavy atom. The molecule has 0 atom stereocenters. The maximum absolute atomic E-state index is 6.13. The molecule has 0 amide bonds. The SMILES string of the molecule is Clc1cc(I)cnc1N1CCNCC1. The van der Waals surface area contributed by atoms with Gasteiger partial charge in [0.1, 0.15) is 5.82 Å². The summed E-state index contributed by atoms with van der Waals surface area (Å²) in [6, 6.07) is 1.95. The van der Waals surface area contributed by atoms with E-state index in [1.165, 1.54) is 0 Å². The molecule has 1 N–H and O–H groups in total. The summed E-state index contributed by atoms with van der Waals surface area (Å²) in [4.78, 5) is 6.58. The molecule has 0 radical (unpaired) electrons. The average molecular weight is 324 g/mol. The summed E-state index contributed by atoms with van der Waals surface area (Å²) in [6.07, 6.45) is 1.85. The number of halogens is 2. The van der Waals surface area contributed by atoms with Crippen molar-refractivity contribution in [3.05, 3.63) is 20.9 Å². The van der Waals surface area contributed by atoms with E-state index in [9.17, 15) is 0 Å². The minimum Gasteiger partial charge on any atom is -0.353 e. The first-order valence-electron chi connectivity index (χ1n) is 4.54. The molecule has 0 unspecified atom stereocenters. The number of rotatable bonds is 1. The van der Waals surface area contributed by atoms with Gasteiger partial charge in [0.2, 0.25) is 0 Å². The molecule has 0 spiro atoms. The number of aromatic nitrogens is 1. The molecule has 1 fully saturated rings. The predicted octanol–water partition coefficient (Wildman–Crippen LogP) is 1.75. The molecule has 1 aliphatic rings. The summed E-state index contributed by atoms with van der Waals surface area (Å²) in [5, 5.41) is 4.05. The summed E-state index contributed by atoms with van der Waals surface area (Å²) in [5.74, 6) is 0.911. The van der Waals surface area contributed by atoms with Crippen molar-refractivity contribution in [2.24, 2.45) is 0 Å². The molecule has 5 heteroatoms. The number of hydrogen-bond donors (Lipinski definition) is 1. The van der Waals surface area contributed by atoms with Gasteiger partial charge in [0.05, 0.1) is 5.02 Å². The summed E-state index contributed by atoms with van der Waals surface area (Å²) in [7, 11) is 0. The lowest BCUT2D eigenvalue weighted by Crippen LogP contribution is -2.44. The third kappa shape index (κ3) is 2.29. The molecule has 1 aromatic heterocycles. The maximum Gasteiger partial charge on any atom is 0.147 e. The van der Waals surface area contributed by atoms with E-state index in [0.717, 1.165) is 40.6 Å². The third-order valence-corrected chi connectivity index (χ3v) is 3.07. The van der Waals surface area contributed by atoms with Gasteiger partial charge >= 0.3 is 0 Å². The fraction of sp³-hybridized carbons (Fsp3) is 0.444. The van der Waals surface area contributed by atoms with Gasteiger partial charge in [0.25, 0.3) is 0 Å². The number of nitrogens with zero attached hydrogens (tertiary/aromatic N) is 2. The van der Waals surface area contributed by atoms with E-state index in [2.05, 4.69) is 37.8 Å². The highest BCUT2D eigenvalue weighted by Gasteiger charge is 2.14. The van der Waals surface area contributed by atoms with Gasteiger partial charge < -0.3 is 10.2 Å². The number of anilines is 1. The van der Waals surface area contributed by atoms with E-state index in [4.69, 9.17) is 11.6 Å². The minimum atomic E-state index is 0.749. The van der Waals surface area contributed by atoms with Crippen LogP contribution in [0.4, 0.5) is 5.82 Å². The lowest BCUT2D eigenvalue weighted by molar-refractivity contribution is 0.585. The Bertz CT molecular complexity index is 326. The molecular weight excluding hydrogens is 312 g/mol. The largest absolute Gasteiger partial charge is 0.353 e. The summed E-state index contributed by atoms with van der Waals surface area (Å²) in [6.45, 7) is 3.97. The van der Waals surface area contributed by atoms with Crippen molar-refractivity contribution in [1.82, 2.24) is 10.3 Å². The molecule has 1 saturated heterocycles. The van der Waals surface area contributed by atoms with Crippen LogP contribution in [0.2, 0.25) is 5.02 Å². The third-order valence-electron chi connectivity index (χ3n) is 2.20. The zero-order chi connectivity index (χ0) is 9.97. The van der Waals surface area contributed by atoms with E-state index < -0.39 is 0 Å². The zero-order valence-corrected chi connectivity index (χ0v) is 10.5. The molecule has 1 aliphatic heterocycles. The Morgan fingerprint density at radius 1 is 1.43 bits per heavy atom. The van der Waals surface area contributed by atoms with Crippen LogP contribution in [-0.2, 0) is 0 Å². The van der Waals surface area contributed by atoms with E-state index in [-0.39, 0.29) is 0 Å². The average Bonchev–Trinajstić information content (AvgIpc) is 2.19. The Kier molecular flexibility index (Phi) is 3.46. The summed E-state index contributed by atoms with van der Waals surface area (Å²) in [5.41, 5.74) is 0. The van der Waals surface area contributed by atoms with Gasteiger partial charge in [-0.05, 0) is 28.7 Å². The van der Waals surface area contributed by atoms with Crippen LogP contribution in [0.1, 0.15) is 0 Å². The van der Waals surface area contributed by atoms with Crippen LogP contribution in [0, 0.1) is 3.57 Å². The van der Waals surface area contributed by atoms with Crippen LogP contribution >= 0.6 is 34.2 Å². The Hall–Kier alpha value is -0.0700. The van der Waals surface area contributed by atoms with Gasteiger partial charge in [0, 0.05) is 35.9 Å². The Morgan fingerprint density at radius 3 is 2.79 bits per heavy atom. The van der Waals surface area contributed by atoms with E-state index in [1.807, 2.05) is 12.3 Å². The Labute approximate surface area is 102 Å². The number of nitrogens with one attached hydrogen (secondary N) is 1. The number of pyridine rings is 1. The minimum absolute atomic E-state index is 0.749. The topological polar surface area (TPSA) is 28.2 Å². The molecule has 1 aromatic rings. The van der Waals surface area contributed by atoms with Gasteiger partial charge in [-0.25, -0.2) is 4.98 Å². The quantitative estimate of drug-likeness (QED) is 0.798. The highest BCUT2D eigenvalue weighted by molar-refractivity contribution is 14.1. The molecule has 0 aliphatic carbocycles. The molecule has 2 rings (SSSR count). The normalized spacial score (nSPS) is 17.1. The first-order chi connectivity index (χ1) is 6.77. The fourth-order valence-corrected chi connectivity index (χ4v) is 2.44. The molecule has 14 heavy (non-hydrogen) atoms. The van der Waals surface area contributed by atoms with Crippen LogP contribution in [0.15, 0.2) is 12.3 Å². The van der Waals surface area contributed by atoms with Crippen LogP contribution in [-0.4, -0.2) is 31.2 Å². The predicted molar refractivity (Wildman–Crippen MR) is 67.0 cm³/mol.